The number of amides is 1. The van der Waals surface area contributed by atoms with Gasteiger partial charge < -0.3 is 10.1 Å². The summed E-state index contributed by atoms with van der Waals surface area (Å²) in [6.45, 7) is 8.16. The van der Waals surface area contributed by atoms with Crippen molar-refractivity contribution in [1.82, 2.24) is 20.1 Å². The minimum atomic E-state index is -0.569. The van der Waals surface area contributed by atoms with Gasteiger partial charge in [0.25, 0.3) is 0 Å². The zero-order valence-corrected chi connectivity index (χ0v) is 19.5. The molecule has 0 fully saturated rings. The number of halogens is 1. The number of nitrogens with one attached hydrogen (secondary N) is 1. The monoisotopic (exact) mass is 457 g/mol. The lowest BCUT2D eigenvalue weighted by atomic mass is 10.0. The molecule has 162 valence electrons. The van der Waals surface area contributed by atoms with Crippen LogP contribution in [-0.2, 0) is 24.2 Å². The van der Waals surface area contributed by atoms with Crippen LogP contribution in [0.4, 0.5) is 4.79 Å². The molecule has 9 heteroatoms. The van der Waals surface area contributed by atoms with Crippen molar-refractivity contribution in [2.75, 3.05) is 0 Å². The molecule has 1 N–H and O–H groups in total. The molecule has 0 saturated carbocycles. The zero-order chi connectivity index (χ0) is 22.2. The molecule has 0 spiro atoms. The Balaban J connectivity index is 1.72. The molecule has 0 bridgehead atoms. The van der Waals surface area contributed by atoms with Gasteiger partial charge in [-0.3, -0.25) is 9.56 Å². The van der Waals surface area contributed by atoms with Crippen molar-refractivity contribution >= 4 is 34.7 Å². The number of hydrogen-bond acceptors (Lipinski definition) is 6. The molecular weight excluding hydrogens is 434 g/mol. The first-order chi connectivity index (χ1) is 14.8. The summed E-state index contributed by atoms with van der Waals surface area (Å²) in [5, 5.41) is 13.1. The first-order valence-corrected chi connectivity index (χ1v) is 11.3. The molecule has 4 rings (SSSR count). The molecule has 1 amide bonds. The van der Waals surface area contributed by atoms with Gasteiger partial charge in [-0.05, 0) is 39.3 Å². The van der Waals surface area contributed by atoms with Crippen LogP contribution < -0.4 is 5.32 Å². The number of aliphatic imine (C=N–C) groups is 1. The number of thiophene rings is 1. The molecule has 0 saturated heterocycles. The summed E-state index contributed by atoms with van der Waals surface area (Å²) < 4.78 is 7.33. The van der Waals surface area contributed by atoms with Gasteiger partial charge in [0.05, 0.1) is 12.3 Å². The number of aromatic nitrogens is 3. The van der Waals surface area contributed by atoms with E-state index in [4.69, 9.17) is 21.3 Å². The van der Waals surface area contributed by atoms with Crippen LogP contribution in [0.15, 0.2) is 35.3 Å². The van der Waals surface area contributed by atoms with Crippen molar-refractivity contribution in [3.63, 3.8) is 0 Å². The predicted octanol–water partition coefficient (Wildman–Crippen LogP) is 4.92. The Bertz CT molecular complexity index is 1160. The van der Waals surface area contributed by atoms with Crippen LogP contribution >= 0.6 is 22.9 Å². The number of ether oxygens (including phenoxy) is 1. The fraction of sp³-hybridized carbons (Fsp3) is 0.364. The second-order valence-corrected chi connectivity index (χ2v) is 9.68. The first-order valence-electron chi connectivity index (χ1n) is 10.1. The number of alkyl carbamates (subject to hydrolysis) is 1. The van der Waals surface area contributed by atoms with Crippen molar-refractivity contribution in [3.05, 3.63) is 63.0 Å². The van der Waals surface area contributed by atoms with Gasteiger partial charge in [0, 0.05) is 21.0 Å². The van der Waals surface area contributed by atoms with E-state index in [0.717, 1.165) is 28.3 Å². The molecule has 1 aromatic carbocycles. The lowest BCUT2D eigenvalue weighted by Crippen LogP contribution is -2.32. The Morgan fingerprint density at radius 1 is 1.26 bits per heavy atom. The Morgan fingerprint density at radius 2 is 2.03 bits per heavy atom. The van der Waals surface area contributed by atoms with Crippen LogP contribution in [0, 0.1) is 0 Å². The summed E-state index contributed by atoms with van der Waals surface area (Å²) in [4.78, 5) is 18.2. The van der Waals surface area contributed by atoms with E-state index in [1.54, 1.807) is 11.3 Å². The molecule has 2 aromatic heterocycles. The molecule has 0 atom stereocenters. The van der Waals surface area contributed by atoms with Gasteiger partial charge in [-0.25, -0.2) is 4.79 Å². The normalized spacial score (nSPS) is 13.1. The summed E-state index contributed by atoms with van der Waals surface area (Å²) in [5.74, 6) is 1.34. The zero-order valence-electron chi connectivity index (χ0n) is 17.9. The lowest BCUT2D eigenvalue weighted by molar-refractivity contribution is 0.0522. The van der Waals surface area contributed by atoms with E-state index in [2.05, 4.69) is 28.5 Å². The van der Waals surface area contributed by atoms with Crippen molar-refractivity contribution in [1.29, 1.82) is 0 Å². The standard InChI is InChI=1S/C22H24ClN5O2S/c1-5-13-10-15-19(14-8-6-7-9-16(14)23)24-11-17-26-27-18(28(17)20(15)31-13)12-25-21(29)30-22(2,3)4/h6-10H,5,11-12H2,1-4H3,(H,25,29). The second-order valence-electron chi connectivity index (χ2n) is 8.15. The highest BCUT2D eigenvalue weighted by molar-refractivity contribution is 7.15. The van der Waals surface area contributed by atoms with E-state index < -0.39 is 11.7 Å². The SMILES string of the molecule is CCc1cc2c(s1)-n1c(nnc1CNC(=O)OC(C)(C)C)CN=C2c1ccccc1Cl. The summed E-state index contributed by atoms with van der Waals surface area (Å²) in [6, 6.07) is 9.86. The maximum absolute atomic E-state index is 12.1. The molecule has 7 nitrogen and oxygen atoms in total. The maximum Gasteiger partial charge on any atom is 0.408 e. The Labute approximate surface area is 190 Å². The average Bonchev–Trinajstić information content (AvgIpc) is 3.27. The summed E-state index contributed by atoms with van der Waals surface area (Å²) in [7, 11) is 0. The number of fused-ring (bicyclic) bond motifs is 3. The van der Waals surface area contributed by atoms with Crippen molar-refractivity contribution in [2.45, 2.75) is 52.8 Å². The van der Waals surface area contributed by atoms with E-state index in [-0.39, 0.29) is 6.54 Å². The smallest absolute Gasteiger partial charge is 0.408 e. The first kappa shape index (κ1) is 21.5. The summed E-state index contributed by atoms with van der Waals surface area (Å²) >= 11 is 8.17. The largest absolute Gasteiger partial charge is 0.444 e. The second kappa shape index (κ2) is 8.43. The fourth-order valence-corrected chi connectivity index (χ4v) is 4.69. The van der Waals surface area contributed by atoms with Crippen LogP contribution in [0.25, 0.3) is 5.00 Å². The highest BCUT2D eigenvalue weighted by atomic mass is 35.5. The summed E-state index contributed by atoms with van der Waals surface area (Å²) in [6.07, 6.45) is 0.406. The number of hydrogen-bond donors (Lipinski definition) is 1. The van der Waals surface area contributed by atoms with E-state index in [1.165, 1.54) is 4.88 Å². The van der Waals surface area contributed by atoms with Crippen LogP contribution in [0.1, 0.15) is 55.3 Å². The number of nitrogens with zero attached hydrogens (tertiary/aromatic N) is 4. The Morgan fingerprint density at radius 3 is 2.74 bits per heavy atom. The minimum Gasteiger partial charge on any atom is -0.444 e. The van der Waals surface area contributed by atoms with E-state index in [1.807, 2.05) is 49.6 Å². The van der Waals surface area contributed by atoms with Crippen LogP contribution in [0.3, 0.4) is 0 Å². The van der Waals surface area contributed by atoms with Crippen LogP contribution in [-0.4, -0.2) is 32.2 Å². The topological polar surface area (TPSA) is 81.4 Å². The van der Waals surface area contributed by atoms with Gasteiger partial charge in [0.2, 0.25) is 0 Å². The lowest BCUT2D eigenvalue weighted by Gasteiger charge is -2.19. The number of carbonyl (C=O) groups is 1. The molecule has 1 aliphatic heterocycles. The van der Waals surface area contributed by atoms with Gasteiger partial charge >= 0.3 is 6.09 Å². The third-order valence-corrected chi connectivity index (χ3v) is 6.26. The molecule has 31 heavy (non-hydrogen) atoms. The molecule has 0 radical (unpaired) electrons. The number of carbonyl (C=O) groups excluding carboxylic acids is 1. The van der Waals surface area contributed by atoms with Gasteiger partial charge in [-0.15, -0.1) is 21.5 Å². The maximum atomic E-state index is 12.1. The summed E-state index contributed by atoms with van der Waals surface area (Å²) in [5.41, 5.74) is 2.15. The van der Waals surface area contributed by atoms with Gasteiger partial charge in [-0.1, -0.05) is 36.7 Å². The van der Waals surface area contributed by atoms with Crippen molar-refractivity contribution < 1.29 is 9.53 Å². The van der Waals surface area contributed by atoms with Gasteiger partial charge in [0.15, 0.2) is 11.6 Å². The molecule has 0 unspecified atom stereocenters. The Hall–Kier alpha value is -2.71. The number of rotatable bonds is 4. The predicted molar refractivity (Wildman–Crippen MR) is 122 cm³/mol. The van der Waals surface area contributed by atoms with Gasteiger partial charge in [0.1, 0.15) is 17.1 Å². The molecular formula is C22H24ClN5O2S. The van der Waals surface area contributed by atoms with Gasteiger partial charge in [-0.2, -0.15) is 0 Å². The Kier molecular flexibility index (Phi) is 5.85. The van der Waals surface area contributed by atoms with E-state index in [9.17, 15) is 4.79 Å². The van der Waals surface area contributed by atoms with E-state index in [0.29, 0.717) is 23.2 Å². The van der Waals surface area contributed by atoms with Crippen molar-refractivity contribution in [2.24, 2.45) is 4.99 Å². The van der Waals surface area contributed by atoms with Crippen LogP contribution in [0.2, 0.25) is 5.02 Å². The minimum absolute atomic E-state index is 0.197. The quantitative estimate of drug-likeness (QED) is 0.602. The molecule has 3 aromatic rings. The van der Waals surface area contributed by atoms with E-state index >= 15 is 0 Å². The number of aryl methyl sites for hydroxylation is 1. The fourth-order valence-electron chi connectivity index (χ4n) is 3.33. The van der Waals surface area contributed by atoms with Crippen LogP contribution in [0.5, 0.6) is 0 Å². The third-order valence-electron chi connectivity index (χ3n) is 4.66. The average molecular weight is 458 g/mol. The third kappa shape index (κ3) is 4.50. The molecule has 0 aliphatic carbocycles. The highest BCUT2D eigenvalue weighted by Crippen LogP contribution is 2.34. The number of benzene rings is 1. The van der Waals surface area contributed by atoms with Crippen molar-refractivity contribution in [3.8, 4) is 5.00 Å². The molecule has 1 aliphatic rings. The highest BCUT2D eigenvalue weighted by Gasteiger charge is 2.26. The molecule has 3 heterocycles.